The van der Waals surface area contributed by atoms with Gasteiger partial charge in [-0.05, 0) is 18.1 Å². The van der Waals surface area contributed by atoms with E-state index in [4.69, 9.17) is 10.5 Å². The Labute approximate surface area is 125 Å². The van der Waals surface area contributed by atoms with Gasteiger partial charge in [0.05, 0.1) is 23.9 Å². The number of nitrogens with two attached hydrogens (primary N) is 1. The lowest BCUT2D eigenvalue weighted by Crippen LogP contribution is -2.40. The highest BCUT2D eigenvalue weighted by Gasteiger charge is 2.19. The molecule has 0 bridgehead atoms. The first-order valence-electron chi connectivity index (χ1n) is 6.90. The summed E-state index contributed by atoms with van der Waals surface area (Å²) in [4.78, 5) is 24.1. The third kappa shape index (κ3) is 5.17. The summed E-state index contributed by atoms with van der Waals surface area (Å²) in [5, 5.41) is 5.43. The fourth-order valence-corrected chi connectivity index (χ4v) is 1.67. The van der Waals surface area contributed by atoms with Gasteiger partial charge in [0.2, 0.25) is 5.91 Å². The quantitative estimate of drug-likeness (QED) is 0.653. The highest BCUT2D eigenvalue weighted by atomic mass is 16.5. The number of rotatable bonds is 7. The number of carbonyl (C=O) groups is 2. The van der Waals surface area contributed by atoms with Crippen molar-refractivity contribution in [3.8, 4) is 0 Å². The van der Waals surface area contributed by atoms with Crippen LogP contribution >= 0.6 is 0 Å². The molecule has 0 heterocycles. The average Bonchev–Trinajstić information content (AvgIpc) is 2.46. The van der Waals surface area contributed by atoms with Crippen LogP contribution in [0.3, 0.4) is 0 Å². The summed E-state index contributed by atoms with van der Waals surface area (Å²) < 4.78 is 4.88. The monoisotopic (exact) mass is 293 g/mol. The molecule has 0 fully saturated rings. The second kappa shape index (κ2) is 8.39. The Bertz CT molecular complexity index is 489. The van der Waals surface area contributed by atoms with Gasteiger partial charge in [0.25, 0.3) is 5.91 Å². The summed E-state index contributed by atoms with van der Waals surface area (Å²) in [6.07, 6.45) is 0. The number of methoxy groups -OCH3 is 1. The van der Waals surface area contributed by atoms with Crippen LogP contribution in [0, 0.1) is 5.92 Å². The van der Waals surface area contributed by atoms with E-state index in [-0.39, 0.29) is 17.7 Å². The lowest BCUT2D eigenvalue weighted by Gasteiger charge is -2.17. The summed E-state index contributed by atoms with van der Waals surface area (Å²) in [7, 11) is 1.56. The van der Waals surface area contributed by atoms with Crippen molar-refractivity contribution in [2.45, 2.75) is 19.9 Å². The van der Waals surface area contributed by atoms with Gasteiger partial charge >= 0.3 is 0 Å². The van der Waals surface area contributed by atoms with E-state index in [1.807, 2.05) is 13.8 Å². The zero-order valence-electron chi connectivity index (χ0n) is 12.7. The first kappa shape index (κ1) is 17.1. The Morgan fingerprint density at radius 2 is 1.95 bits per heavy atom. The van der Waals surface area contributed by atoms with Crippen molar-refractivity contribution in [1.29, 1.82) is 0 Å². The molecule has 1 rings (SSSR count). The minimum atomic E-state index is -0.616. The van der Waals surface area contributed by atoms with Crippen molar-refractivity contribution in [2.24, 2.45) is 11.7 Å². The molecule has 0 aliphatic heterocycles. The van der Waals surface area contributed by atoms with Gasteiger partial charge in [0.15, 0.2) is 0 Å². The minimum absolute atomic E-state index is 0.0210. The van der Waals surface area contributed by atoms with E-state index in [0.717, 1.165) is 0 Å². The second-order valence-electron chi connectivity index (χ2n) is 5.05. The van der Waals surface area contributed by atoms with Gasteiger partial charge < -0.3 is 21.1 Å². The molecule has 0 spiro atoms. The van der Waals surface area contributed by atoms with E-state index in [2.05, 4.69) is 10.6 Å². The Balaban J connectivity index is 2.79. The van der Waals surface area contributed by atoms with Crippen molar-refractivity contribution in [2.75, 3.05) is 25.6 Å². The van der Waals surface area contributed by atoms with Gasteiger partial charge in [-0.2, -0.15) is 0 Å². The Kier molecular flexibility index (Phi) is 6.84. The van der Waals surface area contributed by atoms with Crippen molar-refractivity contribution in [3.05, 3.63) is 29.8 Å². The lowest BCUT2D eigenvalue weighted by molar-refractivity contribution is -0.118. The molecule has 1 aromatic carbocycles. The van der Waals surface area contributed by atoms with E-state index in [9.17, 15) is 9.59 Å². The number of amides is 2. The summed E-state index contributed by atoms with van der Waals surface area (Å²) in [6, 6.07) is 6.20. The molecular weight excluding hydrogens is 270 g/mol. The molecule has 21 heavy (non-hydrogen) atoms. The number of carbonyl (C=O) groups excluding carboxylic acids is 2. The standard InChI is InChI=1S/C15H23N3O3/c1-10(2)13(16)15(20)18-12-7-5-4-6-11(12)14(19)17-8-9-21-3/h4-7,10,13H,8-9,16H2,1-3H3,(H,17,19)(H,18,20). The van der Waals surface area contributed by atoms with Crippen molar-refractivity contribution >= 4 is 17.5 Å². The van der Waals surface area contributed by atoms with Crippen LogP contribution in [0.2, 0.25) is 0 Å². The number of para-hydroxylation sites is 1. The van der Waals surface area contributed by atoms with E-state index in [1.54, 1.807) is 31.4 Å². The van der Waals surface area contributed by atoms with Crippen LogP contribution in [0.4, 0.5) is 5.69 Å². The molecule has 0 saturated carbocycles. The molecule has 0 saturated heterocycles. The van der Waals surface area contributed by atoms with Gasteiger partial charge in [0.1, 0.15) is 0 Å². The van der Waals surface area contributed by atoms with E-state index in [1.165, 1.54) is 0 Å². The Morgan fingerprint density at radius 3 is 2.57 bits per heavy atom. The fraction of sp³-hybridized carbons (Fsp3) is 0.467. The van der Waals surface area contributed by atoms with Crippen LogP contribution in [-0.4, -0.2) is 38.1 Å². The molecule has 4 N–H and O–H groups in total. The smallest absolute Gasteiger partial charge is 0.253 e. The zero-order valence-corrected chi connectivity index (χ0v) is 12.7. The highest BCUT2D eigenvalue weighted by Crippen LogP contribution is 2.15. The third-order valence-electron chi connectivity index (χ3n) is 3.04. The molecule has 2 amide bonds. The summed E-state index contributed by atoms with van der Waals surface area (Å²) >= 11 is 0. The summed E-state index contributed by atoms with van der Waals surface area (Å²) in [5.74, 6) is -0.545. The molecule has 0 radical (unpaired) electrons. The van der Waals surface area contributed by atoms with E-state index >= 15 is 0 Å². The maximum absolute atomic E-state index is 12.1. The van der Waals surface area contributed by atoms with Crippen LogP contribution < -0.4 is 16.4 Å². The molecule has 1 aromatic rings. The second-order valence-corrected chi connectivity index (χ2v) is 5.05. The molecule has 116 valence electrons. The molecule has 1 atom stereocenters. The highest BCUT2D eigenvalue weighted by molar-refractivity contribution is 6.04. The van der Waals surface area contributed by atoms with Crippen molar-refractivity contribution < 1.29 is 14.3 Å². The Hall–Kier alpha value is -1.92. The number of nitrogens with one attached hydrogen (secondary N) is 2. The third-order valence-corrected chi connectivity index (χ3v) is 3.04. The van der Waals surface area contributed by atoms with Gasteiger partial charge in [-0.3, -0.25) is 9.59 Å². The van der Waals surface area contributed by atoms with Gasteiger partial charge in [-0.15, -0.1) is 0 Å². The molecule has 6 heteroatoms. The number of ether oxygens (including phenoxy) is 1. The van der Waals surface area contributed by atoms with Crippen LogP contribution in [0.1, 0.15) is 24.2 Å². The number of anilines is 1. The first-order chi connectivity index (χ1) is 9.97. The van der Waals surface area contributed by atoms with Gasteiger partial charge in [0, 0.05) is 13.7 Å². The Morgan fingerprint density at radius 1 is 1.29 bits per heavy atom. The summed E-state index contributed by atoms with van der Waals surface area (Å²) in [5.41, 5.74) is 6.66. The minimum Gasteiger partial charge on any atom is -0.383 e. The predicted octanol–water partition coefficient (Wildman–Crippen LogP) is 0.985. The molecular formula is C15H23N3O3. The molecule has 0 aliphatic rings. The van der Waals surface area contributed by atoms with Crippen LogP contribution in [0.5, 0.6) is 0 Å². The predicted molar refractivity (Wildman–Crippen MR) is 82.1 cm³/mol. The zero-order chi connectivity index (χ0) is 15.8. The molecule has 6 nitrogen and oxygen atoms in total. The fourth-order valence-electron chi connectivity index (χ4n) is 1.67. The molecule has 0 aromatic heterocycles. The normalized spacial score (nSPS) is 12.0. The van der Waals surface area contributed by atoms with Crippen molar-refractivity contribution in [3.63, 3.8) is 0 Å². The maximum atomic E-state index is 12.1. The maximum Gasteiger partial charge on any atom is 0.253 e. The number of hydrogen-bond donors (Lipinski definition) is 3. The number of hydrogen-bond acceptors (Lipinski definition) is 4. The van der Waals surface area contributed by atoms with Crippen LogP contribution in [0.15, 0.2) is 24.3 Å². The van der Waals surface area contributed by atoms with Gasteiger partial charge in [-0.25, -0.2) is 0 Å². The van der Waals surface area contributed by atoms with Crippen LogP contribution in [-0.2, 0) is 9.53 Å². The molecule has 0 aliphatic carbocycles. The lowest BCUT2D eigenvalue weighted by atomic mass is 10.0. The van der Waals surface area contributed by atoms with Crippen molar-refractivity contribution in [1.82, 2.24) is 5.32 Å². The summed E-state index contributed by atoms with van der Waals surface area (Å²) in [6.45, 7) is 4.57. The van der Waals surface area contributed by atoms with E-state index < -0.39 is 6.04 Å². The largest absolute Gasteiger partial charge is 0.383 e. The number of benzene rings is 1. The average molecular weight is 293 g/mol. The topological polar surface area (TPSA) is 93.5 Å². The van der Waals surface area contributed by atoms with Crippen LogP contribution in [0.25, 0.3) is 0 Å². The molecule has 1 unspecified atom stereocenters. The van der Waals surface area contributed by atoms with Gasteiger partial charge in [-0.1, -0.05) is 26.0 Å². The van der Waals surface area contributed by atoms with E-state index in [0.29, 0.717) is 24.4 Å². The SMILES string of the molecule is COCCNC(=O)c1ccccc1NC(=O)C(N)C(C)C. The first-order valence-corrected chi connectivity index (χ1v) is 6.90.